The number of hydrogen-bond donors (Lipinski definition) is 0. The van der Waals surface area contributed by atoms with Crippen LogP contribution in [-0.4, -0.2) is 3.26 Å². The van der Waals surface area contributed by atoms with E-state index >= 15 is 0 Å². The molecule has 284 valence electrons. The van der Waals surface area contributed by atoms with Crippen LogP contribution in [0, 0.1) is 13.8 Å². The minimum Gasteiger partial charge on any atom is -0.214 e. The van der Waals surface area contributed by atoms with E-state index in [2.05, 4.69) is 195 Å². The summed E-state index contributed by atoms with van der Waals surface area (Å²) < 4.78 is 1.17. The first-order valence-corrected chi connectivity index (χ1v) is 30.1. The molecule has 0 bridgehead atoms. The zero-order chi connectivity index (χ0) is 40.0. The summed E-state index contributed by atoms with van der Waals surface area (Å²) in [6.07, 6.45) is 0. The molecule has 0 unspecified atom stereocenters. The summed E-state index contributed by atoms with van der Waals surface area (Å²) in [5, 5.41) is 5.36. The smallest absolute Gasteiger partial charge is 0.172 e. The average molecular weight is 938 g/mol. The number of hydrogen-bond acceptors (Lipinski definition) is 0. The Balaban J connectivity index is 0.000000192. The van der Waals surface area contributed by atoms with Crippen molar-refractivity contribution in [2.24, 2.45) is 0 Å². The van der Waals surface area contributed by atoms with Gasteiger partial charge in [0.2, 0.25) is 0 Å². The van der Waals surface area contributed by atoms with Crippen LogP contribution in [0.1, 0.15) is 74.9 Å². The molecular weight excluding hydrogens is 886 g/mol. The van der Waals surface area contributed by atoms with Crippen LogP contribution in [0.2, 0.25) is 0 Å². The molecule has 0 N–H and O–H groups in total. The SMILES string of the molecule is CC(C)(C)c1cc2c(cc1-c1ccccc1)[cH-]c1cc(-c3ccccc3)c(C(C)(C)C)cc12.Cc1ccc([C](c2ccc(C)cc2)=[Hf]([Cl])[Cl])cc1.c1cc[cH-]c1. The van der Waals surface area contributed by atoms with Crippen molar-refractivity contribution in [1.82, 2.24) is 0 Å². The van der Waals surface area contributed by atoms with E-state index in [-0.39, 0.29) is 10.8 Å². The molecule has 0 aromatic heterocycles. The number of fused-ring (bicyclic) bond motifs is 3. The monoisotopic (exact) mass is 938 g/mol. The van der Waals surface area contributed by atoms with Gasteiger partial charge in [-0.2, -0.15) is 18.2 Å². The van der Waals surface area contributed by atoms with Gasteiger partial charge in [0.25, 0.3) is 0 Å². The molecule has 0 aliphatic heterocycles. The molecular formula is C53H52Cl2Hf-2. The number of aryl methyl sites for hydroxylation is 2. The first kappa shape index (κ1) is 41.5. The minimum absolute atomic E-state index is 0.0554. The molecule has 0 nitrogen and oxygen atoms in total. The number of rotatable bonds is 4. The third-order valence-electron chi connectivity index (χ3n) is 10.2. The van der Waals surface area contributed by atoms with E-state index in [1.54, 1.807) is 0 Å². The molecule has 0 spiro atoms. The molecule has 0 atom stereocenters. The van der Waals surface area contributed by atoms with Crippen molar-refractivity contribution < 1.29 is 18.6 Å². The zero-order valence-electron chi connectivity index (χ0n) is 33.9. The predicted octanol–water partition coefficient (Wildman–Crippen LogP) is 15.8. The molecule has 0 heterocycles. The molecule has 8 aromatic rings. The molecule has 0 fully saturated rings. The van der Waals surface area contributed by atoms with Crippen LogP contribution in [0.4, 0.5) is 0 Å². The van der Waals surface area contributed by atoms with Gasteiger partial charge < -0.3 is 0 Å². The first-order valence-electron chi connectivity index (χ1n) is 19.4. The van der Waals surface area contributed by atoms with Gasteiger partial charge in [-0.3, -0.25) is 0 Å². The van der Waals surface area contributed by atoms with Crippen LogP contribution >= 0.6 is 17.2 Å². The maximum absolute atomic E-state index is 6.33. The third-order valence-corrected chi connectivity index (χ3v) is 16.7. The van der Waals surface area contributed by atoms with Gasteiger partial charge in [0, 0.05) is 0 Å². The molecule has 0 aliphatic rings. The summed E-state index contributed by atoms with van der Waals surface area (Å²) in [5.74, 6) is 0. The van der Waals surface area contributed by atoms with E-state index < -0.39 is 18.6 Å². The van der Waals surface area contributed by atoms with E-state index in [1.807, 2.05) is 30.3 Å². The van der Waals surface area contributed by atoms with Crippen LogP contribution in [0.15, 0.2) is 170 Å². The second kappa shape index (κ2) is 18.0. The average Bonchev–Trinajstić information content (AvgIpc) is 3.88. The Morgan fingerprint density at radius 2 is 0.857 bits per heavy atom. The summed E-state index contributed by atoms with van der Waals surface area (Å²) in [7, 11) is 12.7. The summed E-state index contributed by atoms with van der Waals surface area (Å²) in [6.45, 7) is 18.1. The Morgan fingerprint density at radius 3 is 1.16 bits per heavy atom. The van der Waals surface area contributed by atoms with Gasteiger partial charge in [0.15, 0.2) is 0 Å². The fraction of sp³-hybridized carbons (Fsp3) is 0.189. The molecule has 56 heavy (non-hydrogen) atoms. The van der Waals surface area contributed by atoms with E-state index in [0.717, 1.165) is 11.1 Å². The fourth-order valence-corrected chi connectivity index (χ4v) is 13.5. The van der Waals surface area contributed by atoms with Gasteiger partial charge in [0.05, 0.1) is 0 Å². The van der Waals surface area contributed by atoms with Crippen LogP contribution in [-0.2, 0) is 29.4 Å². The van der Waals surface area contributed by atoms with Gasteiger partial charge in [-0.15, -0.1) is 39.7 Å². The zero-order valence-corrected chi connectivity index (χ0v) is 39.0. The van der Waals surface area contributed by atoms with Gasteiger partial charge in [-0.05, 0) is 44.2 Å². The fourth-order valence-electron chi connectivity index (χ4n) is 7.21. The van der Waals surface area contributed by atoms with Crippen molar-refractivity contribution >= 4 is 42.0 Å². The molecule has 0 saturated carbocycles. The molecule has 8 aromatic carbocycles. The second-order valence-electron chi connectivity index (χ2n) is 16.7. The molecule has 0 saturated heterocycles. The van der Waals surface area contributed by atoms with Crippen molar-refractivity contribution in [1.29, 1.82) is 0 Å². The summed E-state index contributed by atoms with van der Waals surface area (Å²) in [4.78, 5) is 0. The summed E-state index contributed by atoms with van der Waals surface area (Å²) in [6, 6.07) is 60.6. The number of halogens is 2. The first-order chi connectivity index (χ1) is 26.7. The van der Waals surface area contributed by atoms with Gasteiger partial charge in [-0.1, -0.05) is 114 Å². The topological polar surface area (TPSA) is 0 Å². The molecule has 8 rings (SSSR count). The Labute approximate surface area is 349 Å². The summed E-state index contributed by atoms with van der Waals surface area (Å²) in [5.41, 5.74) is 13.0. The Kier molecular flexibility index (Phi) is 13.3. The summed E-state index contributed by atoms with van der Waals surface area (Å²) >= 11 is -2.64. The number of benzene rings is 6. The van der Waals surface area contributed by atoms with Crippen molar-refractivity contribution in [3.63, 3.8) is 0 Å². The van der Waals surface area contributed by atoms with E-state index in [1.165, 1.54) is 69.3 Å². The van der Waals surface area contributed by atoms with E-state index in [9.17, 15) is 0 Å². The van der Waals surface area contributed by atoms with Crippen molar-refractivity contribution in [2.75, 3.05) is 0 Å². The standard InChI is InChI=1S/C33H33.C15H14.C5H5.2ClH.Hf/c1-32(2,3)30-20-26-24(18-28(30)22-13-9-7-10-14-22)17-25-19-29(23-15-11-8-12-16-23)31(21-27(25)26)33(4,5)6;1-12-3-7-14(8-4-12)11-15-9-5-13(2)6-10-15;1-2-4-5-3-1;;;/h7-21H,1-6H3;3-10H,1-2H3;1-5H;2*1H;/q-1;;-1;;;+2/p-2. The van der Waals surface area contributed by atoms with Gasteiger partial charge in [0.1, 0.15) is 0 Å². The van der Waals surface area contributed by atoms with Crippen molar-refractivity contribution in [3.05, 3.63) is 203 Å². The van der Waals surface area contributed by atoms with Gasteiger partial charge >= 0.3 is 124 Å². The van der Waals surface area contributed by atoms with E-state index in [0.29, 0.717) is 0 Å². The minimum atomic E-state index is -2.64. The molecule has 0 amide bonds. The maximum atomic E-state index is 6.33. The van der Waals surface area contributed by atoms with Crippen LogP contribution in [0.3, 0.4) is 0 Å². The quantitative estimate of drug-likeness (QED) is 0.122. The van der Waals surface area contributed by atoms with Crippen LogP contribution in [0.25, 0.3) is 43.8 Å². The van der Waals surface area contributed by atoms with E-state index in [4.69, 9.17) is 17.2 Å². The Hall–Kier alpha value is -4.14. The third kappa shape index (κ3) is 10.0. The molecule has 3 heteroatoms. The predicted molar refractivity (Wildman–Crippen MR) is 245 cm³/mol. The Bertz CT molecular complexity index is 2340. The van der Waals surface area contributed by atoms with Crippen LogP contribution in [0.5, 0.6) is 0 Å². The largest absolute Gasteiger partial charge is 0.214 e. The normalized spacial score (nSPS) is 11.4. The van der Waals surface area contributed by atoms with Gasteiger partial charge in [-0.25, -0.2) is 12.1 Å². The Morgan fingerprint density at radius 1 is 0.482 bits per heavy atom. The molecule has 0 aliphatic carbocycles. The van der Waals surface area contributed by atoms with Crippen molar-refractivity contribution in [2.45, 2.75) is 66.2 Å². The molecule has 0 radical (unpaired) electrons. The second-order valence-corrected chi connectivity index (χ2v) is 28.1. The maximum Gasteiger partial charge on any atom is -0.172 e. The van der Waals surface area contributed by atoms with Crippen LogP contribution < -0.4 is 0 Å². The van der Waals surface area contributed by atoms with Crippen molar-refractivity contribution in [3.8, 4) is 22.3 Å².